The van der Waals surface area contributed by atoms with E-state index >= 15 is 0 Å². The van der Waals surface area contributed by atoms with Crippen LogP contribution in [-0.2, 0) is 4.74 Å². The number of methoxy groups -OCH3 is 1. The van der Waals surface area contributed by atoms with E-state index in [9.17, 15) is 5.11 Å². The Bertz CT molecular complexity index is 367. The Labute approximate surface area is 102 Å². The number of ether oxygens (including phenoxy) is 1. The highest BCUT2D eigenvalue weighted by Crippen LogP contribution is 2.15. The molecule has 1 unspecified atom stereocenters. The maximum absolute atomic E-state index is 10.0. The van der Waals surface area contributed by atoms with Crippen LogP contribution in [0, 0.1) is 6.92 Å². The molecule has 4 N–H and O–H groups in total. The molecule has 0 saturated carbocycles. The zero-order chi connectivity index (χ0) is 12.9. The van der Waals surface area contributed by atoms with Crippen LogP contribution in [0.25, 0.3) is 0 Å². The van der Waals surface area contributed by atoms with Crippen LogP contribution in [0.1, 0.15) is 18.9 Å². The third-order valence-electron chi connectivity index (χ3n) is 2.64. The van der Waals surface area contributed by atoms with Crippen molar-refractivity contribution in [3.8, 4) is 0 Å². The predicted octanol–water partition coefficient (Wildman–Crippen LogP) is 1.17. The fraction of sp³-hybridized carbons (Fsp3) is 0.583. The summed E-state index contributed by atoms with van der Waals surface area (Å²) in [6.07, 6.45) is 2.28. The van der Waals surface area contributed by atoms with Crippen LogP contribution < -0.4 is 11.1 Å². The largest absolute Gasteiger partial charge is 0.398 e. The van der Waals surface area contributed by atoms with Crippen molar-refractivity contribution >= 4 is 11.5 Å². The Hall–Kier alpha value is -1.33. The number of rotatable bonds is 6. The molecule has 0 spiro atoms. The van der Waals surface area contributed by atoms with Gasteiger partial charge in [-0.3, -0.25) is 0 Å². The molecule has 0 fully saturated rings. The van der Waals surface area contributed by atoms with Crippen LogP contribution in [0.5, 0.6) is 0 Å². The molecule has 5 nitrogen and oxygen atoms in total. The van der Waals surface area contributed by atoms with E-state index in [1.807, 2.05) is 6.92 Å². The number of nitrogens with one attached hydrogen (secondary N) is 1. The topological polar surface area (TPSA) is 80.4 Å². The summed E-state index contributed by atoms with van der Waals surface area (Å²) in [5.41, 5.74) is 6.60. The first kappa shape index (κ1) is 13.7. The lowest BCUT2D eigenvalue weighted by molar-refractivity contribution is 0.0357. The first-order valence-electron chi connectivity index (χ1n) is 5.62. The van der Waals surface area contributed by atoms with Gasteiger partial charge in [0.05, 0.1) is 5.60 Å². The molecule has 1 heterocycles. The van der Waals surface area contributed by atoms with Crippen LogP contribution in [0.2, 0.25) is 0 Å². The van der Waals surface area contributed by atoms with Gasteiger partial charge in [0.25, 0.3) is 0 Å². The Morgan fingerprint density at radius 3 is 2.88 bits per heavy atom. The van der Waals surface area contributed by atoms with Crippen molar-refractivity contribution < 1.29 is 9.84 Å². The molecule has 0 aliphatic heterocycles. The van der Waals surface area contributed by atoms with Crippen molar-refractivity contribution in [2.24, 2.45) is 0 Å². The van der Waals surface area contributed by atoms with Gasteiger partial charge in [-0.1, -0.05) is 0 Å². The highest BCUT2D eigenvalue weighted by Gasteiger charge is 2.19. The molecule has 0 aromatic carbocycles. The van der Waals surface area contributed by atoms with E-state index < -0.39 is 5.60 Å². The van der Waals surface area contributed by atoms with E-state index in [2.05, 4.69) is 10.3 Å². The summed E-state index contributed by atoms with van der Waals surface area (Å²) < 4.78 is 4.94. The summed E-state index contributed by atoms with van der Waals surface area (Å²) in [5, 5.41) is 13.1. The van der Waals surface area contributed by atoms with E-state index in [1.165, 1.54) is 0 Å². The molecule has 17 heavy (non-hydrogen) atoms. The number of anilines is 2. The van der Waals surface area contributed by atoms with Crippen molar-refractivity contribution in [1.82, 2.24) is 4.98 Å². The second-order valence-corrected chi connectivity index (χ2v) is 4.52. The van der Waals surface area contributed by atoms with Gasteiger partial charge >= 0.3 is 0 Å². The van der Waals surface area contributed by atoms with E-state index in [4.69, 9.17) is 10.5 Å². The Morgan fingerprint density at radius 1 is 1.59 bits per heavy atom. The second kappa shape index (κ2) is 5.84. The molecule has 0 amide bonds. The molecular formula is C12H21N3O2. The molecule has 1 rings (SSSR count). The minimum Gasteiger partial charge on any atom is -0.398 e. The van der Waals surface area contributed by atoms with Gasteiger partial charge in [0.2, 0.25) is 0 Å². The van der Waals surface area contributed by atoms with Crippen LogP contribution in [0.4, 0.5) is 11.5 Å². The smallest absolute Gasteiger partial charge is 0.128 e. The Kier molecular flexibility index (Phi) is 4.72. The Balaban J connectivity index is 2.51. The van der Waals surface area contributed by atoms with Gasteiger partial charge in [0.15, 0.2) is 0 Å². The normalized spacial score (nSPS) is 14.4. The number of hydrogen-bond acceptors (Lipinski definition) is 5. The van der Waals surface area contributed by atoms with Gasteiger partial charge in [-0.2, -0.15) is 0 Å². The number of nitrogen functional groups attached to an aromatic ring is 1. The SMILES string of the molecule is COCCC(C)(O)CNc1cc(N)c(C)cn1. The molecular weight excluding hydrogens is 218 g/mol. The number of aliphatic hydroxyl groups is 1. The fourth-order valence-corrected chi connectivity index (χ4v) is 1.33. The highest BCUT2D eigenvalue weighted by atomic mass is 16.5. The maximum Gasteiger partial charge on any atom is 0.128 e. The summed E-state index contributed by atoms with van der Waals surface area (Å²) >= 11 is 0. The molecule has 1 aromatic heterocycles. The third-order valence-corrected chi connectivity index (χ3v) is 2.64. The minimum absolute atomic E-state index is 0.409. The molecule has 1 atom stereocenters. The van der Waals surface area contributed by atoms with Crippen LogP contribution in [0.15, 0.2) is 12.3 Å². The molecule has 0 bridgehead atoms. The lowest BCUT2D eigenvalue weighted by atomic mass is 10.0. The Morgan fingerprint density at radius 2 is 2.29 bits per heavy atom. The predicted molar refractivity (Wildman–Crippen MR) is 69.0 cm³/mol. The molecule has 5 heteroatoms. The monoisotopic (exact) mass is 239 g/mol. The van der Waals surface area contributed by atoms with Gasteiger partial charge in [-0.25, -0.2) is 4.98 Å². The van der Waals surface area contributed by atoms with Gasteiger partial charge in [-0.15, -0.1) is 0 Å². The van der Waals surface area contributed by atoms with E-state index in [0.29, 0.717) is 31.1 Å². The van der Waals surface area contributed by atoms with Crippen molar-refractivity contribution in [1.29, 1.82) is 0 Å². The molecule has 0 radical (unpaired) electrons. The number of aryl methyl sites for hydroxylation is 1. The molecule has 0 aliphatic carbocycles. The second-order valence-electron chi connectivity index (χ2n) is 4.52. The summed E-state index contributed by atoms with van der Waals surface area (Å²) in [6, 6.07) is 1.77. The van der Waals surface area contributed by atoms with Gasteiger partial charge in [-0.05, 0) is 19.4 Å². The van der Waals surface area contributed by atoms with E-state index in [0.717, 1.165) is 5.56 Å². The van der Waals surface area contributed by atoms with E-state index in [-0.39, 0.29) is 0 Å². The lowest BCUT2D eigenvalue weighted by Gasteiger charge is -2.23. The summed E-state index contributed by atoms with van der Waals surface area (Å²) in [6.45, 7) is 4.60. The van der Waals surface area contributed by atoms with E-state index in [1.54, 1.807) is 26.3 Å². The van der Waals surface area contributed by atoms with Crippen molar-refractivity contribution in [2.45, 2.75) is 25.9 Å². The van der Waals surface area contributed by atoms with Crippen LogP contribution >= 0.6 is 0 Å². The van der Waals surface area contributed by atoms with Gasteiger partial charge < -0.3 is 20.9 Å². The standard InChI is InChI=1S/C12H21N3O2/c1-9-7-14-11(6-10(9)13)15-8-12(2,16)4-5-17-3/h6-7,16H,4-5,8H2,1-3H3,(H3,13,14,15). The molecule has 96 valence electrons. The first-order valence-corrected chi connectivity index (χ1v) is 5.62. The summed E-state index contributed by atoms with van der Waals surface area (Å²) in [5.74, 6) is 0.672. The zero-order valence-corrected chi connectivity index (χ0v) is 10.7. The summed E-state index contributed by atoms with van der Waals surface area (Å²) in [7, 11) is 1.62. The fourth-order valence-electron chi connectivity index (χ4n) is 1.33. The average Bonchev–Trinajstić information content (AvgIpc) is 2.28. The van der Waals surface area contributed by atoms with Crippen molar-refractivity contribution in [3.63, 3.8) is 0 Å². The van der Waals surface area contributed by atoms with Crippen LogP contribution in [-0.4, -0.2) is 36.0 Å². The number of nitrogens with two attached hydrogens (primary N) is 1. The zero-order valence-electron chi connectivity index (χ0n) is 10.7. The number of nitrogens with zero attached hydrogens (tertiary/aromatic N) is 1. The van der Waals surface area contributed by atoms with Crippen molar-refractivity contribution in [3.05, 3.63) is 17.8 Å². The van der Waals surface area contributed by atoms with Crippen molar-refractivity contribution in [2.75, 3.05) is 31.3 Å². The number of pyridine rings is 1. The van der Waals surface area contributed by atoms with Gasteiger partial charge in [0.1, 0.15) is 5.82 Å². The average molecular weight is 239 g/mol. The minimum atomic E-state index is -0.822. The molecule has 1 aromatic rings. The number of aromatic nitrogens is 1. The molecule has 0 saturated heterocycles. The lowest BCUT2D eigenvalue weighted by Crippen LogP contribution is -2.34. The molecule has 0 aliphatic rings. The highest BCUT2D eigenvalue weighted by molar-refractivity contribution is 5.53. The summed E-state index contributed by atoms with van der Waals surface area (Å²) in [4.78, 5) is 4.19. The first-order chi connectivity index (χ1) is 7.94. The van der Waals surface area contributed by atoms with Crippen LogP contribution in [0.3, 0.4) is 0 Å². The number of hydrogen-bond donors (Lipinski definition) is 3. The van der Waals surface area contributed by atoms with Gasteiger partial charge in [0, 0.05) is 44.6 Å². The third kappa shape index (κ3) is 4.58. The quantitative estimate of drug-likeness (QED) is 0.694. The maximum atomic E-state index is 10.0.